The fraction of sp³-hybridized carbons (Fsp3) is 0.316. The van der Waals surface area contributed by atoms with E-state index in [9.17, 15) is 4.79 Å². The van der Waals surface area contributed by atoms with Gasteiger partial charge in [0, 0.05) is 17.1 Å². The van der Waals surface area contributed by atoms with Gasteiger partial charge >= 0.3 is 0 Å². The van der Waals surface area contributed by atoms with E-state index in [1.54, 1.807) is 0 Å². The molecule has 1 amide bonds. The van der Waals surface area contributed by atoms with Crippen molar-refractivity contribution in [2.24, 2.45) is 0 Å². The van der Waals surface area contributed by atoms with Gasteiger partial charge in [-0.25, -0.2) is 0 Å². The molecule has 2 atom stereocenters. The van der Waals surface area contributed by atoms with Crippen molar-refractivity contribution in [2.75, 3.05) is 6.54 Å². The Kier molecular flexibility index (Phi) is 3.43. The molecule has 0 saturated carbocycles. The van der Waals surface area contributed by atoms with Crippen LogP contribution in [0.1, 0.15) is 29.5 Å². The van der Waals surface area contributed by atoms with Crippen LogP contribution in [0.15, 0.2) is 48.5 Å². The number of hydrogen-bond acceptors (Lipinski definition) is 2. The summed E-state index contributed by atoms with van der Waals surface area (Å²) in [4.78, 5) is 14.9. The van der Waals surface area contributed by atoms with Gasteiger partial charge in [0.05, 0.1) is 24.7 Å². The predicted molar refractivity (Wildman–Crippen MR) is 89.2 cm³/mol. The third kappa shape index (κ3) is 2.35. The van der Waals surface area contributed by atoms with Gasteiger partial charge in [-0.15, -0.1) is 0 Å². The Labute approximate surface area is 140 Å². The molecular weight excluding hydrogens is 310 g/mol. The second-order valence-electron chi connectivity index (χ2n) is 6.52. The third-order valence-corrected chi connectivity index (χ3v) is 5.26. The molecule has 0 aromatic heterocycles. The highest BCUT2D eigenvalue weighted by Gasteiger charge is 2.53. The number of rotatable bonds is 2. The molecule has 3 nitrogen and oxygen atoms in total. The van der Waals surface area contributed by atoms with Crippen molar-refractivity contribution in [3.8, 4) is 0 Å². The number of likely N-dealkylation sites (tertiary alicyclic amines) is 1. The average molecular weight is 328 g/mol. The largest absolute Gasteiger partial charge is 0.368 e. The van der Waals surface area contributed by atoms with Gasteiger partial charge in [0.1, 0.15) is 0 Å². The number of benzene rings is 2. The van der Waals surface area contributed by atoms with Crippen LogP contribution in [0.4, 0.5) is 0 Å². The minimum atomic E-state index is -0.483. The number of fused-ring (bicyclic) bond motifs is 3. The maximum absolute atomic E-state index is 13.0. The highest BCUT2D eigenvalue weighted by atomic mass is 35.5. The molecule has 2 aliphatic rings. The number of carbonyl (C=O) groups excluding carboxylic acids is 1. The molecule has 0 spiro atoms. The molecule has 0 bridgehead atoms. The van der Waals surface area contributed by atoms with Crippen molar-refractivity contribution in [2.45, 2.75) is 31.6 Å². The third-order valence-electron chi connectivity index (χ3n) is 4.90. The predicted octanol–water partition coefficient (Wildman–Crippen LogP) is 3.75. The summed E-state index contributed by atoms with van der Waals surface area (Å²) in [5, 5.41) is 0.679. The number of hydrogen-bond donors (Lipinski definition) is 0. The maximum Gasteiger partial charge on any atom is 0.233 e. The Balaban J connectivity index is 1.69. The van der Waals surface area contributed by atoms with Crippen LogP contribution in [0.3, 0.4) is 0 Å². The van der Waals surface area contributed by atoms with E-state index in [1.165, 1.54) is 0 Å². The van der Waals surface area contributed by atoms with Crippen LogP contribution in [-0.2, 0) is 22.7 Å². The molecule has 2 aromatic carbocycles. The van der Waals surface area contributed by atoms with E-state index in [0.717, 1.165) is 16.7 Å². The van der Waals surface area contributed by atoms with Crippen LogP contribution in [0.25, 0.3) is 0 Å². The summed E-state index contributed by atoms with van der Waals surface area (Å²) in [6.07, 6.45) is 0. The van der Waals surface area contributed by atoms with Crippen LogP contribution in [0.2, 0.25) is 5.02 Å². The molecule has 4 rings (SSSR count). The number of nitrogens with zero attached hydrogens (tertiary/aromatic N) is 1. The Bertz CT molecular complexity index is 761. The second-order valence-corrected chi connectivity index (χ2v) is 6.93. The zero-order valence-corrected chi connectivity index (χ0v) is 13.7. The van der Waals surface area contributed by atoms with Crippen LogP contribution < -0.4 is 0 Å². The lowest BCUT2D eigenvalue weighted by molar-refractivity contribution is -0.131. The van der Waals surface area contributed by atoms with Gasteiger partial charge in [0.2, 0.25) is 5.91 Å². The summed E-state index contributed by atoms with van der Waals surface area (Å²) in [6, 6.07) is 15.8. The second kappa shape index (κ2) is 5.36. The van der Waals surface area contributed by atoms with E-state index in [1.807, 2.05) is 60.4 Å². The van der Waals surface area contributed by atoms with Crippen molar-refractivity contribution in [1.29, 1.82) is 0 Å². The zero-order valence-electron chi connectivity index (χ0n) is 13.0. The Hall–Kier alpha value is -1.84. The van der Waals surface area contributed by atoms with Crippen LogP contribution in [-0.4, -0.2) is 23.0 Å². The fourth-order valence-electron chi connectivity index (χ4n) is 3.76. The van der Waals surface area contributed by atoms with E-state index in [2.05, 4.69) is 0 Å². The first kappa shape index (κ1) is 14.7. The standard InChI is InChI=1S/C19H18ClNO2/c1-19-12-21(10-13-6-3-2-4-7-13)18(22)17(19)14-8-5-9-16(20)15(14)11-23-19/h2-9,17H,10-12H2,1H3. The summed E-state index contributed by atoms with van der Waals surface area (Å²) in [7, 11) is 0. The normalized spacial score (nSPS) is 26.1. The van der Waals surface area contributed by atoms with Crippen molar-refractivity contribution < 1.29 is 9.53 Å². The Morgan fingerprint density at radius 2 is 2.00 bits per heavy atom. The summed E-state index contributed by atoms with van der Waals surface area (Å²) in [6.45, 7) is 3.72. The molecule has 0 radical (unpaired) electrons. The Morgan fingerprint density at radius 1 is 1.22 bits per heavy atom. The maximum atomic E-state index is 13.0. The van der Waals surface area contributed by atoms with Crippen molar-refractivity contribution in [1.82, 2.24) is 4.90 Å². The first-order valence-corrected chi connectivity index (χ1v) is 8.20. The number of halogens is 1. The van der Waals surface area contributed by atoms with E-state index in [0.29, 0.717) is 24.7 Å². The first-order valence-electron chi connectivity index (χ1n) is 7.82. The van der Waals surface area contributed by atoms with Crippen molar-refractivity contribution >= 4 is 17.5 Å². The van der Waals surface area contributed by atoms with Gasteiger partial charge < -0.3 is 9.64 Å². The fourth-order valence-corrected chi connectivity index (χ4v) is 3.99. The highest BCUT2D eigenvalue weighted by Crippen LogP contribution is 2.46. The molecule has 1 saturated heterocycles. The summed E-state index contributed by atoms with van der Waals surface area (Å²) in [5.74, 6) is -0.145. The molecule has 4 heteroatoms. The SMILES string of the molecule is CC12CN(Cc3ccccc3)C(=O)C1c1cccc(Cl)c1CO2. The van der Waals surface area contributed by atoms with Crippen LogP contribution in [0, 0.1) is 0 Å². The van der Waals surface area contributed by atoms with Crippen LogP contribution in [0.5, 0.6) is 0 Å². The molecule has 118 valence electrons. The van der Waals surface area contributed by atoms with E-state index < -0.39 is 5.60 Å². The average Bonchev–Trinajstić information content (AvgIpc) is 2.80. The van der Waals surface area contributed by atoms with E-state index >= 15 is 0 Å². The van der Waals surface area contributed by atoms with Gasteiger partial charge in [-0.05, 0) is 24.1 Å². The van der Waals surface area contributed by atoms with E-state index in [4.69, 9.17) is 16.3 Å². The lowest BCUT2D eigenvalue weighted by Crippen LogP contribution is -2.40. The number of ether oxygens (including phenoxy) is 1. The molecule has 2 unspecified atom stereocenters. The van der Waals surface area contributed by atoms with Gasteiger partial charge in [-0.3, -0.25) is 4.79 Å². The van der Waals surface area contributed by atoms with Gasteiger partial charge in [-0.1, -0.05) is 54.1 Å². The Morgan fingerprint density at radius 3 is 2.78 bits per heavy atom. The molecule has 23 heavy (non-hydrogen) atoms. The molecule has 2 aromatic rings. The monoisotopic (exact) mass is 327 g/mol. The molecule has 2 heterocycles. The van der Waals surface area contributed by atoms with Crippen molar-refractivity contribution in [3.63, 3.8) is 0 Å². The smallest absolute Gasteiger partial charge is 0.233 e. The number of carbonyl (C=O) groups is 1. The molecule has 0 N–H and O–H groups in total. The minimum absolute atomic E-state index is 0.125. The lowest BCUT2D eigenvalue weighted by Gasteiger charge is -2.35. The zero-order chi connectivity index (χ0) is 16.0. The van der Waals surface area contributed by atoms with Gasteiger partial charge in [0.25, 0.3) is 0 Å². The molecule has 0 aliphatic carbocycles. The van der Waals surface area contributed by atoms with E-state index in [-0.39, 0.29) is 11.8 Å². The quantitative estimate of drug-likeness (QED) is 0.840. The van der Waals surface area contributed by atoms with Gasteiger partial charge in [-0.2, -0.15) is 0 Å². The first-order chi connectivity index (χ1) is 11.1. The topological polar surface area (TPSA) is 29.5 Å². The van der Waals surface area contributed by atoms with Gasteiger partial charge in [0.15, 0.2) is 0 Å². The summed E-state index contributed by atoms with van der Waals surface area (Å²) < 4.78 is 6.09. The highest BCUT2D eigenvalue weighted by molar-refractivity contribution is 6.31. The summed E-state index contributed by atoms with van der Waals surface area (Å²) >= 11 is 6.29. The molecule has 1 fully saturated rings. The number of amides is 1. The molecular formula is C19H18ClNO2. The lowest BCUT2D eigenvalue weighted by atomic mass is 9.81. The minimum Gasteiger partial charge on any atom is -0.368 e. The molecule has 2 aliphatic heterocycles. The summed E-state index contributed by atoms with van der Waals surface area (Å²) in [5.41, 5.74) is 2.62. The van der Waals surface area contributed by atoms with Crippen molar-refractivity contribution in [3.05, 3.63) is 70.2 Å². The van der Waals surface area contributed by atoms with Crippen LogP contribution >= 0.6 is 11.6 Å².